The minimum Gasteiger partial charge on any atom is -0.350 e. The quantitative estimate of drug-likeness (QED) is 0.356. The average Bonchev–Trinajstić information content (AvgIpc) is 2.86. The predicted octanol–water partition coefficient (Wildman–Crippen LogP) is 7.13. The minimum atomic E-state index is -4.29. The van der Waals surface area contributed by atoms with Crippen LogP contribution in [0, 0.1) is 62.1 Å². The zero-order valence-electron chi connectivity index (χ0n) is 25.5. The van der Waals surface area contributed by atoms with Crippen LogP contribution in [0.5, 0.6) is 0 Å². The molecule has 41 heavy (non-hydrogen) atoms. The molecular formula is C33H45F3N2O3. The molecule has 0 spiro atoms. The fraction of sp³-hybridized carbons (Fsp3) is 0.758. The third-order valence-corrected chi connectivity index (χ3v) is 11.9. The topological polar surface area (TPSA) is 87.0 Å². The van der Waals surface area contributed by atoms with Crippen molar-refractivity contribution >= 4 is 18.0 Å². The number of amides is 1. The molecule has 7 atom stereocenters. The third-order valence-electron chi connectivity index (χ3n) is 11.9. The first-order valence-corrected chi connectivity index (χ1v) is 14.9. The molecule has 0 aliphatic heterocycles. The Hall–Kier alpha value is -2.43. The second kappa shape index (κ2) is 10.1. The Bertz CT molecular complexity index is 1220. The van der Waals surface area contributed by atoms with E-state index < -0.39 is 23.6 Å². The summed E-state index contributed by atoms with van der Waals surface area (Å²) in [6.07, 6.45) is 7.66. The number of allylic oxidation sites excluding steroid dienone is 4. The fourth-order valence-corrected chi connectivity index (χ4v) is 9.71. The van der Waals surface area contributed by atoms with Gasteiger partial charge in [-0.2, -0.15) is 18.4 Å². The van der Waals surface area contributed by atoms with Crippen LogP contribution in [0.2, 0.25) is 0 Å². The summed E-state index contributed by atoms with van der Waals surface area (Å²) in [5.41, 5.74) is 1.03. The molecule has 5 aliphatic carbocycles. The van der Waals surface area contributed by atoms with Crippen molar-refractivity contribution in [3.05, 3.63) is 23.3 Å². The van der Waals surface area contributed by atoms with Crippen LogP contribution < -0.4 is 5.32 Å². The number of hydrogen-bond acceptors (Lipinski definition) is 4. The van der Waals surface area contributed by atoms with Gasteiger partial charge in [0.25, 0.3) is 0 Å². The van der Waals surface area contributed by atoms with Crippen LogP contribution in [-0.2, 0) is 14.4 Å². The van der Waals surface area contributed by atoms with Crippen LogP contribution in [0.15, 0.2) is 23.3 Å². The highest BCUT2D eigenvalue weighted by Crippen LogP contribution is 2.70. The molecular weight excluding hydrogens is 529 g/mol. The number of rotatable bonds is 2. The van der Waals surface area contributed by atoms with Gasteiger partial charge in [0.2, 0.25) is 6.41 Å². The summed E-state index contributed by atoms with van der Waals surface area (Å²) < 4.78 is 33.1. The maximum Gasteiger partial charge on any atom is 0.405 e. The molecule has 1 amide bonds. The first-order chi connectivity index (χ1) is 18.8. The van der Waals surface area contributed by atoms with Crippen molar-refractivity contribution < 1.29 is 27.6 Å². The molecule has 3 saturated carbocycles. The van der Waals surface area contributed by atoms with Gasteiger partial charge >= 0.3 is 6.18 Å². The highest BCUT2D eigenvalue weighted by molar-refractivity contribution is 6.04. The van der Waals surface area contributed by atoms with Gasteiger partial charge in [-0.15, -0.1) is 0 Å². The Morgan fingerprint density at radius 2 is 1.66 bits per heavy atom. The van der Waals surface area contributed by atoms with Gasteiger partial charge < -0.3 is 5.32 Å². The number of nitrogens with zero attached hydrogens (tertiary/aromatic N) is 1. The lowest BCUT2D eigenvalue weighted by Crippen LogP contribution is -2.60. The Labute approximate surface area is 242 Å². The van der Waals surface area contributed by atoms with E-state index in [1.807, 2.05) is 26.0 Å². The van der Waals surface area contributed by atoms with E-state index in [0.29, 0.717) is 23.0 Å². The number of ketones is 2. The van der Waals surface area contributed by atoms with Crippen LogP contribution in [0.4, 0.5) is 13.2 Å². The van der Waals surface area contributed by atoms with E-state index in [9.17, 15) is 32.8 Å². The first kappa shape index (κ1) is 31.5. The molecule has 226 valence electrons. The van der Waals surface area contributed by atoms with E-state index in [4.69, 9.17) is 0 Å². The van der Waals surface area contributed by atoms with Crippen molar-refractivity contribution in [2.24, 2.45) is 50.7 Å². The van der Waals surface area contributed by atoms with Gasteiger partial charge in [0.15, 0.2) is 11.6 Å². The summed E-state index contributed by atoms with van der Waals surface area (Å²) in [6, 6.07) is 2.19. The number of fused-ring (bicyclic) bond motifs is 7. The lowest BCUT2D eigenvalue weighted by Gasteiger charge is -2.65. The smallest absolute Gasteiger partial charge is 0.350 e. The zero-order chi connectivity index (χ0) is 30.8. The summed E-state index contributed by atoms with van der Waals surface area (Å²) in [5, 5.41) is 11.3. The minimum absolute atomic E-state index is 0.00743. The monoisotopic (exact) mass is 574 g/mol. The molecule has 0 aromatic carbocycles. The van der Waals surface area contributed by atoms with Crippen molar-refractivity contribution in [2.45, 2.75) is 99.6 Å². The van der Waals surface area contributed by atoms with E-state index >= 15 is 0 Å². The van der Waals surface area contributed by atoms with E-state index in [0.717, 1.165) is 25.7 Å². The third kappa shape index (κ3) is 5.20. The highest BCUT2D eigenvalue weighted by Gasteiger charge is 2.65. The van der Waals surface area contributed by atoms with Crippen LogP contribution in [0.25, 0.3) is 0 Å². The second-order valence-corrected chi connectivity index (χ2v) is 15.4. The van der Waals surface area contributed by atoms with E-state index in [-0.39, 0.29) is 40.4 Å². The number of nitriles is 1. The molecule has 0 saturated heterocycles. The van der Waals surface area contributed by atoms with Gasteiger partial charge in [0, 0.05) is 16.7 Å². The van der Waals surface area contributed by atoms with Crippen molar-refractivity contribution in [2.75, 3.05) is 6.54 Å². The molecule has 0 bridgehead atoms. The molecule has 3 fully saturated rings. The number of halogens is 3. The van der Waals surface area contributed by atoms with Crippen molar-refractivity contribution in [3.8, 4) is 6.07 Å². The van der Waals surface area contributed by atoms with Crippen LogP contribution in [-0.4, -0.2) is 30.7 Å². The summed E-state index contributed by atoms with van der Waals surface area (Å²) in [4.78, 5) is 36.3. The molecule has 0 aromatic heterocycles. The van der Waals surface area contributed by atoms with Gasteiger partial charge in [-0.05, 0) is 85.0 Å². The maximum atomic E-state index is 14.0. The summed E-state index contributed by atoms with van der Waals surface area (Å²) in [7, 11) is 0. The number of carbonyl (C=O) groups is 3. The van der Waals surface area contributed by atoms with Crippen LogP contribution in [0.1, 0.15) is 93.4 Å². The molecule has 5 aliphatic rings. The molecule has 8 heteroatoms. The van der Waals surface area contributed by atoms with Gasteiger partial charge in [0.05, 0.1) is 5.57 Å². The second-order valence-electron chi connectivity index (χ2n) is 15.4. The molecule has 5 nitrogen and oxygen atoms in total. The number of hydrogen-bond donors (Lipinski definition) is 1. The van der Waals surface area contributed by atoms with Crippen molar-refractivity contribution in [1.29, 1.82) is 5.26 Å². The zero-order valence-corrected chi connectivity index (χ0v) is 25.5. The molecule has 0 radical (unpaired) electrons. The summed E-state index contributed by atoms with van der Waals surface area (Å²) >= 11 is 0. The SMILES string of the molecule is CC1(C)CCC2(C)CCC3C(C(=O)C=C4C5(C)C=C(C#N)C(=O)C(C)(C)C5CCC43C)C2C1.O=CNCC(F)(F)F. The predicted molar refractivity (Wildman–Crippen MR) is 150 cm³/mol. The highest BCUT2D eigenvalue weighted by atomic mass is 19.4. The Morgan fingerprint density at radius 3 is 2.22 bits per heavy atom. The van der Waals surface area contributed by atoms with Crippen LogP contribution >= 0.6 is 0 Å². The van der Waals surface area contributed by atoms with E-state index in [2.05, 4.69) is 40.7 Å². The first-order valence-electron chi connectivity index (χ1n) is 14.9. The lowest BCUT2D eigenvalue weighted by atomic mass is 9.38. The fourth-order valence-electron chi connectivity index (χ4n) is 9.71. The van der Waals surface area contributed by atoms with E-state index in [1.54, 1.807) is 0 Å². The average molecular weight is 575 g/mol. The molecule has 0 aromatic rings. The van der Waals surface area contributed by atoms with Gasteiger partial charge in [0.1, 0.15) is 12.6 Å². The number of nitrogens with one attached hydrogen (secondary N) is 1. The largest absolute Gasteiger partial charge is 0.405 e. The van der Waals surface area contributed by atoms with Gasteiger partial charge in [-0.1, -0.05) is 60.1 Å². The number of carbonyl (C=O) groups excluding carboxylic acids is 3. The standard InChI is InChI=1S/C30H41NO2.C3H4F3NO/c1-26(2)12-13-28(5)10-8-19-24(20(28)16-26)21(32)14-23-29(19,6)11-9-22-27(3,4)25(33)18(17-31)15-30(22,23)7;4-3(5,6)1-7-2-8/h14-15,19-20,22,24H,8-13,16H2,1-7H3;2H,1H2,(H,7,8). The Kier molecular flexibility index (Phi) is 7.75. The summed E-state index contributed by atoms with van der Waals surface area (Å²) in [5.74, 6) is 1.37. The van der Waals surface area contributed by atoms with Crippen LogP contribution in [0.3, 0.4) is 0 Å². The molecule has 7 unspecified atom stereocenters. The number of alkyl halides is 3. The molecule has 1 N–H and O–H groups in total. The molecule has 0 heterocycles. The lowest BCUT2D eigenvalue weighted by molar-refractivity contribution is -0.146. The van der Waals surface area contributed by atoms with Gasteiger partial charge in [-0.25, -0.2) is 0 Å². The Morgan fingerprint density at radius 1 is 1.00 bits per heavy atom. The van der Waals surface area contributed by atoms with Crippen molar-refractivity contribution in [1.82, 2.24) is 5.32 Å². The summed E-state index contributed by atoms with van der Waals surface area (Å²) in [6.45, 7) is 14.6. The number of Topliss-reactive ketones (excluding diaryl/α,β-unsaturated/α-hetero) is 1. The van der Waals surface area contributed by atoms with E-state index in [1.165, 1.54) is 30.2 Å². The van der Waals surface area contributed by atoms with Crippen molar-refractivity contribution in [3.63, 3.8) is 0 Å². The normalized spacial score (nSPS) is 40.5. The Balaban J connectivity index is 0.000000426. The molecule has 5 rings (SSSR count). The van der Waals surface area contributed by atoms with Gasteiger partial charge in [-0.3, -0.25) is 14.4 Å². The maximum absolute atomic E-state index is 14.0.